The third-order valence-corrected chi connectivity index (χ3v) is 6.58. The van der Waals surface area contributed by atoms with Crippen molar-refractivity contribution in [3.05, 3.63) is 59.7 Å². The molecular formula is C25H31N3O2. The van der Waals surface area contributed by atoms with Crippen LogP contribution in [0.25, 0.3) is 0 Å². The molecule has 158 valence electrons. The summed E-state index contributed by atoms with van der Waals surface area (Å²) in [5.41, 5.74) is 3.22. The molecule has 0 aromatic heterocycles. The molecule has 5 rings (SSSR count). The number of hydrazone groups is 1. The first-order chi connectivity index (χ1) is 14.7. The highest BCUT2D eigenvalue weighted by Crippen LogP contribution is 2.49. The van der Waals surface area contributed by atoms with E-state index in [2.05, 4.69) is 53.2 Å². The lowest BCUT2D eigenvalue weighted by atomic mass is 9.90. The Morgan fingerprint density at radius 2 is 1.83 bits per heavy atom. The van der Waals surface area contributed by atoms with Gasteiger partial charge in [-0.2, -0.15) is 5.10 Å². The largest absolute Gasteiger partial charge is 0.494 e. The van der Waals surface area contributed by atoms with Crippen molar-refractivity contribution in [3.63, 3.8) is 0 Å². The first-order valence-corrected chi connectivity index (χ1v) is 11.3. The highest BCUT2D eigenvalue weighted by Gasteiger charge is 2.51. The third kappa shape index (κ3) is 3.35. The first-order valence-electron chi connectivity index (χ1n) is 11.3. The molecule has 5 heteroatoms. The maximum atomic E-state index is 6.71. The summed E-state index contributed by atoms with van der Waals surface area (Å²) in [6, 6.07) is 17.1. The zero-order valence-corrected chi connectivity index (χ0v) is 18.0. The van der Waals surface area contributed by atoms with Gasteiger partial charge in [0.05, 0.1) is 18.4 Å². The quantitative estimate of drug-likeness (QED) is 0.714. The van der Waals surface area contributed by atoms with Crippen molar-refractivity contribution in [1.29, 1.82) is 0 Å². The predicted molar refractivity (Wildman–Crippen MR) is 119 cm³/mol. The molecule has 1 atom stereocenters. The molecule has 0 saturated carbocycles. The molecule has 1 fully saturated rings. The zero-order chi connectivity index (χ0) is 20.6. The second kappa shape index (κ2) is 7.95. The molecule has 0 N–H and O–H groups in total. The van der Waals surface area contributed by atoms with Crippen LogP contribution in [-0.2, 0) is 0 Å². The lowest BCUT2D eigenvalue weighted by molar-refractivity contribution is -0.149. The Balaban J connectivity index is 1.47. The van der Waals surface area contributed by atoms with Gasteiger partial charge >= 0.3 is 0 Å². The summed E-state index contributed by atoms with van der Waals surface area (Å²) in [7, 11) is 0. The Hall–Kier alpha value is -2.53. The monoisotopic (exact) mass is 405 g/mol. The fraction of sp³-hybridized carbons (Fsp3) is 0.480. The molecule has 1 spiro atoms. The lowest BCUT2D eigenvalue weighted by Crippen LogP contribution is -2.59. The molecule has 5 nitrogen and oxygen atoms in total. The summed E-state index contributed by atoms with van der Waals surface area (Å²) in [4.78, 5) is 2.55. The van der Waals surface area contributed by atoms with Crippen LogP contribution in [0.4, 0.5) is 0 Å². The van der Waals surface area contributed by atoms with Crippen LogP contribution in [0.1, 0.15) is 56.7 Å². The molecule has 3 aliphatic heterocycles. The van der Waals surface area contributed by atoms with Gasteiger partial charge in [0.2, 0.25) is 5.72 Å². The van der Waals surface area contributed by atoms with Crippen LogP contribution in [0.2, 0.25) is 0 Å². The molecule has 3 heterocycles. The zero-order valence-electron chi connectivity index (χ0n) is 18.0. The van der Waals surface area contributed by atoms with Crippen molar-refractivity contribution < 1.29 is 9.47 Å². The predicted octanol–water partition coefficient (Wildman–Crippen LogP) is 4.83. The molecule has 30 heavy (non-hydrogen) atoms. The topological polar surface area (TPSA) is 37.3 Å². The number of para-hydroxylation sites is 1. The van der Waals surface area contributed by atoms with Crippen LogP contribution in [0, 0.1) is 0 Å². The van der Waals surface area contributed by atoms with E-state index in [9.17, 15) is 0 Å². The number of nitrogens with zero attached hydrogens (tertiary/aromatic N) is 3. The normalized spacial score (nSPS) is 22.3. The Morgan fingerprint density at radius 3 is 2.57 bits per heavy atom. The maximum absolute atomic E-state index is 6.71. The van der Waals surface area contributed by atoms with Crippen LogP contribution in [0.3, 0.4) is 0 Å². The number of rotatable bonds is 5. The van der Waals surface area contributed by atoms with Gasteiger partial charge in [-0.05, 0) is 55.8 Å². The van der Waals surface area contributed by atoms with Gasteiger partial charge in [0.15, 0.2) is 0 Å². The van der Waals surface area contributed by atoms with Crippen LogP contribution >= 0.6 is 0 Å². The summed E-state index contributed by atoms with van der Waals surface area (Å²) in [5, 5.41) is 7.46. The van der Waals surface area contributed by atoms with Crippen molar-refractivity contribution in [1.82, 2.24) is 9.91 Å². The molecular weight excluding hydrogens is 374 g/mol. The fourth-order valence-corrected chi connectivity index (χ4v) is 5.09. The minimum Gasteiger partial charge on any atom is -0.494 e. The van der Waals surface area contributed by atoms with Crippen molar-refractivity contribution in [2.45, 2.75) is 51.3 Å². The number of hydrogen-bond donors (Lipinski definition) is 0. The Morgan fingerprint density at radius 1 is 1.07 bits per heavy atom. The van der Waals surface area contributed by atoms with Crippen LogP contribution < -0.4 is 9.47 Å². The van der Waals surface area contributed by atoms with Crippen LogP contribution in [-0.4, -0.2) is 47.6 Å². The fourth-order valence-electron chi connectivity index (χ4n) is 5.09. The number of piperidine rings is 1. The highest BCUT2D eigenvalue weighted by atomic mass is 16.5. The van der Waals surface area contributed by atoms with E-state index in [-0.39, 0.29) is 11.8 Å². The molecule has 0 amide bonds. The Kier molecular flexibility index (Phi) is 5.15. The molecule has 2 aromatic rings. The van der Waals surface area contributed by atoms with Crippen molar-refractivity contribution in [2.24, 2.45) is 5.10 Å². The number of benzene rings is 2. The van der Waals surface area contributed by atoms with E-state index in [4.69, 9.17) is 14.6 Å². The molecule has 0 aliphatic carbocycles. The summed E-state index contributed by atoms with van der Waals surface area (Å²) < 4.78 is 12.3. The third-order valence-electron chi connectivity index (χ3n) is 6.58. The van der Waals surface area contributed by atoms with Gasteiger partial charge in [-0.1, -0.05) is 25.1 Å². The summed E-state index contributed by atoms with van der Waals surface area (Å²) in [6.07, 6.45) is 4.08. The summed E-state index contributed by atoms with van der Waals surface area (Å²) in [6.45, 7) is 8.23. The standard InChI is InChI=1S/C25H31N3O2/c1-3-15-27-16-13-25(14-17-27)28-23(21-7-5-6-8-24(21)30-25)18-22(26-28)19-9-11-20(12-10-19)29-4-2/h5-12,23H,3-4,13-18H2,1-2H3. The van der Waals surface area contributed by atoms with Crippen molar-refractivity contribution in [3.8, 4) is 11.5 Å². The van der Waals surface area contributed by atoms with Crippen LogP contribution in [0.5, 0.6) is 11.5 Å². The SMILES string of the molecule is CCCN1CCC2(CC1)Oc1ccccc1C1CC(c3ccc(OCC)cc3)=NN12. The average Bonchev–Trinajstić information content (AvgIpc) is 3.23. The molecule has 3 aliphatic rings. The first kappa shape index (κ1) is 19.4. The van der Waals surface area contributed by atoms with Crippen LogP contribution in [0.15, 0.2) is 53.6 Å². The van der Waals surface area contributed by atoms with Gasteiger partial charge in [0, 0.05) is 37.9 Å². The second-order valence-corrected chi connectivity index (χ2v) is 8.50. The lowest BCUT2D eigenvalue weighted by Gasteiger charge is -2.51. The van der Waals surface area contributed by atoms with Gasteiger partial charge in [-0.3, -0.25) is 0 Å². The summed E-state index contributed by atoms with van der Waals surface area (Å²) in [5.74, 6) is 1.94. The van der Waals surface area contributed by atoms with E-state index in [0.29, 0.717) is 6.61 Å². The number of hydrogen-bond acceptors (Lipinski definition) is 5. The van der Waals surface area contributed by atoms with Gasteiger partial charge in [0.25, 0.3) is 0 Å². The molecule has 0 bridgehead atoms. The number of fused-ring (bicyclic) bond motifs is 4. The van der Waals surface area contributed by atoms with E-state index in [1.54, 1.807) is 0 Å². The Labute approximate surface area is 179 Å². The molecule has 2 aromatic carbocycles. The highest BCUT2D eigenvalue weighted by molar-refractivity contribution is 6.02. The molecule has 1 unspecified atom stereocenters. The van der Waals surface area contributed by atoms with Gasteiger partial charge in [-0.25, -0.2) is 5.01 Å². The van der Waals surface area contributed by atoms with Crippen molar-refractivity contribution in [2.75, 3.05) is 26.2 Å². The van der Waals surface area contributed by atoms with E-state index < -0.39 is 0 Å². The molecule has 1 saturated heterocycles. The van der Waals surface area contributed by atoms with Gasteiger partial charge in [-0.15, -0.1) is 0 Å². The van der Waals surface area contributed by atoms with Crippen molar-refractivity contribution >= 4 is 5.71 Å². The van der Waals surface area contributed by atoms with E-state index in [1.165, 1.54) is 17.5 Å². The number of likely N-dealkylation sites (tertiary alicyclic amines) is 1. The maximum Gasteiger partial charge on any atom is 0.200 e. The average molecular weight is 406 g/mol. The second-order valence-electron chi connectivity index (χ2n) is 8.50. The van der Waals surface area contributed by atoms with Gasteiger partial charge < -0.3 is 14.4 Å². The summed E-state index contributed by atoms with van der Waals surface area (Å²) >= 11 is 0. The van der Waals surface area contributed by atoms with Gasteiger partial charge in [0.1, 0.15) is 11.5 Å². The minimum atomic E-state index is -0.337. The molecule has 0 radical (unpaired) electrons. The Bertz CT molecular complexity index is 916. The smallest absolute Gasteiger partial charge is 0.200 e. The van der Waals surface area contributed by atoms with E-state index in [0.717, 1.165) is 56.1 Å². The number of ether oxygens (including phenoxy) is 2. The van der Waals surface area contributed by atoms with E-state index >= 15 is 0 Å². The van der Waals surface area contributed by atoms with E-state index in [1.807, 2.05) is 19.1 Å². The minimum absolute atomic E-state index is 0.245.